The summed E-state index contributed by atoms with van der Waals surface area (Å²) >= 11 is 1.73. The molecule has 0 atom stereocenters. The Labute approximate surface area is 55.8 Å². The number of thioether (sulfide) groups is 1. The zero-order valence-corrected chi connectivity index (χ0v) is 6.46. The molecule has 0 saturated carbocycles. The third kappa shape index (κ3) is 6.31. The zero-order valence-electron chi connectivity index (χ0n) is 5.64. The van der Waals surface area contributed by atoms with Gasteiger partial charge >= 0.3 is 0 Å². The maximum absolute atomic E-state index is 5.19. The van der Waals surface area contributed by atoms with Gasteiger partial charge in [0.2, 0.25) is 0 Å². The summed E-state index contributed by atoms with van der Waals surface area (Å²) in [5.74, 6) is 0.847. The molecule has 0 aromatic rings. The average Bonchev–Trinajstić information content (AvgIpc) is 1.81. The summed E-state index contributed by atoms with van der Waals surface area (Å²) in [7, 11) is 0. The molecule has 0 aliphatic heterocycles. The quantitative estimate of drug-likeness (QED) is 0.421. The zero-order chi connectivity index (χ0) is 6.24. The van der Waals surface area contributed by atoms with Crippen molar-refractivity contribution in [2.75, 3.05) is 18.8 Å². The Kier molecular flexibility index (Phi) is 7.59. The van der Waals surface area contributed by atoms with E-state index in [2.05, 4.69) is 6.92 Å². The molecule has 8 heavy (non-hydrogen) atoms. The molecular weight excluding hydrogens is 120 g/mol. The van der Waals surface area contributed by atoms with Gasteiger partial charge < -0.3 is 4.74 Å². The number of unbranched alkanes of at least 4 members (excludes halogenated alkanes) is 1. The molecule has 0 aromatic heterocycles. The van der Waals surface area contributed by atoms with E-state index in [1.807, 2.05) is 6.26 Å². The Morgan fingerprint density at radius 2 is 2.25 bits per heavy atom. The summed E-state index contributed by atoms with van der Waals surface area (Å²) in [6, 6.07) is 0. The number of rotatable bonds is 5. The minimum atomic E-state index is 0.847. The van der Waals surface area contributed by atoms with Crippen LogP contribution in [0.15, 0.2) is 0 Å². The first kappa shape index (κ1) is 8.31. The molecule has 0 N–H and O–H groups in total. The van der Waals surface area contributed by atoms with Crippen LogP contribution >= 0.6 is 11.8 Å². The van der Waals surface area contributed by atoms with Crippen LogP contribution in [0.5, 0.6) is 0 Å². The van der Waals surface area contributed by atoms with Crippen LogP contribution in [-0.4, -0.2) is 18.8 Å². The van der Waals surface area contributed by atoms with Crippen molar-refractivity contribution in [3.05, 3.63) is 0 Å². The molecule has 0 spiro atoms. The largest absolute Gasteiger partial charge is 0.371 e. The van der Waals surface area contributed by atoms with Gasteiger partial charge in [-0.2, -0.15) is 0 Å². The molecule has 0 aliphatic carbocycles. The van der Waals surface area contributed by atoms with Crippen LogP contribution in [0.1, 0.15) is 19.8 Å². The van der Waals surface area contributed by atoms with Crippen molar-refractivity contribution < 1.29 is 4.74 Å². The maximum atomic E-state index is 5.19. The highest BCUT2D eigenvalue weighted by Gasteiger charge is 1.81. The van der Waals surface area contributed by atoms with Crippen molar-refractivity contribution in [1.29, 1.82) is 0 Å². The van der Waals surface area contributed by atoms with E-state index in [4.69, 9.17) is 4.74 Å². The molecule has 0 fully saturated rings. The normalized spacial score (nSPS) is 9.75. The van der Waals surface area contributed by atoms with Crippen molar-refractivity contribution in [3.8, 4) is 0 Å². The fourth-order valence-electron chi connectivity index (χ4n) is 0.389. The van der Waals surface area contributed by atoms with Gasteiger partial charge in [-0.3, -0.25) is 0 Å². The Hall–Kier alpha value is 0.310. The van der Waals surface area contributed by atoms with E-state index in [9.17, 15) is 0 Å². The predicted molar refractivity (Wildman–Crippen MR) is 39.2 cm³/mol. The molecule has 0 amide bonds. The molecule has 0 bridgehead atoms. The van der Waals surface area contributed by atoms with Crippen molar-refractivity contribution in [3.63, 3.8) is 0 Å². The minimum absolute atomic E-state index is 0.847. The van der Waals surface area contributed by atoms with Gasteiger partial charge in [0.1, 0.15) is 0 Å². The van der Waals surface area contributed by atoms with Crippen LogP contribution in [-0.2, 0) is 4.74 Å². The van der Waals surface area contributed by atoms with Gasteiger partial charge in [-0.05, 0) is 12.7 Å². The lowest BCUT2D eigenvalue weighted by Gasteiger charge is -1.97. The number of ether oxygens (including phenoxy) is 1. The van der Waals surface area contributed by atoms with E-state index >= 15 is 0 Å². The second-order valence-corrected chi connectivity index (χ2v) is 2.48. The van der Waals surface area contributed by atoms with Gasteiger partial charge in [0.25, 0.3) is 0 Å². The van der Waals surface area contributed by atoms with Crippen LogP contribution in [0.3, 0.4) is 0 Å². The molecule has 0 rings (SSSR count). The molecule has 1 nitrogen and oxygen atoms in total. The summed E-state index contributed by atoms with van der Waals surface area (Å²) < 4.78 is 5.19. The van der Waals surface area contributed by atoms with Crippen molar-refractivity contribution in [2.24, 2.45) is 0 Å². The second kappa shape index (κ2) is 7.31. The number of hydrogen-bond donors (Lipinski definition) is 0. The Bertz CT molecular complexity index is 33.5. The Morgan fingerprint density at radius 3 is 2.75 bits per heavy atom. The molecule has 0 radical (unpaired) electrons. The highest BCUT2D eigenvalue weighted by atomic mass is 32.2. The van der Waals surface area contributed by atoms with E-state index in [0.717, 1.165) is 12.5 Å². The average molecular weight is 134 g/mol. The lowest BCUT2D eigenvalue weighted by atomic mass is 10.4. The minimum Gasteiger partial charge on any atom is -0.371 e. The molecule has 0 saturated heterocycles. The van der Waals surface area contributed by atoms with Crippen molar-refractivity contribution in [2.45, 2.75) is 19.8 Å². The number of hydrogen-bond acceptors (Lipinski definition) is 2. The van der Waals surface area contributed by atoms with E-state index < -0.39 is 0 Å². The molecule has 2 heteroatoms. The molecule has 0 heterocycles. The summed E-state index contributed by atoms with van der Waals surface area (Å²) in [5, 5.41) is 0. The van der Waals surface area contributed by atoms with Crippen LogP contribution in [0.25, 0.3) is 0 Å². The third-order valence-electron chi connectivity index (χ3n) is 0.843. The first-order valence-corrected chi connectivity index (χ1v) is 4.38. The van der Waals surface area contributed by atoms with Crippen molar-refractivity contribution >= 4 is 11.8 Å². The first-order chi connectivity index (χ1) is 3.91. The molecule has 0 unspecified atom stereocenters. The molecule has 50 valence electrons. The van der Waals surface area contributed by atoms with Crippen LogP contribution < -0.4 is 0 Å². The summed E-state index contributed by atoms with van der Waals surface area (Å²) in [4.78, 5) is 0. The van der Waals surface area contributed by atoms with Crippen LogP contribution in [0, 0.1) is 0 Å². The first-order valence-electron chi connectivity index (χ1n) is 2.98. The lowest BCUT2D eigenvalue weighted by Crippen LogP contribution is -1.91. The SMILES string of the molecule is CCCCOCSC. The Morgan fingerprint density at radius 1 is 1.50 bits per heavy atom. The summed E-state index contributed by atoms with van der Waals surface area (Å²) in [6.45, 7) is 3.10. The Balaban J connectivity index is 2.53. The standard InChI is InChI=1S/C6H14OS/c1-3-4-5-7-6-8-2/h3-6H2,1-2H3. The lowest BCUT2D eigenvalue weighted by molar-refractivity contribution is 0.179. The monoisotopic (exact) mass is 134 g/mol. The second-order valence-electron chi connectivity index (χ2n) is 1.67. The third-order valence-corrected chi connectivity index (χ3v) is 1.25. The van der Waals surface area contributed by atoms with Crippen molar-refractivity contribution in [1.82, 2.24) is 0 Å². The fraction of sp³-hybridized carbons (Fsp3) is 1.00. The van der Waals surface area contributed by atoms with Crippen LogP contribution in [0.4, 0.5) is 0 Å². The highest BCUT2D eigenvalue weighted by Crippen LogP contribution is 1.94. The van der Waals surface area contributed by atoms with E-state index in [1.165, 1.54) is 12.8 Å². The van der Waals surface area contributed by atoms with Crippen LogP contribution in [0.2, 0.25) is 0 Å². The van der Waals surface area contributed by atoms with Gasteiger partial charge in [0.05, 0.1) is 5.94 Å². The summed E-state index contributed by atoms with van der Waals surface area (Å²) in [6.07, 6.45) is 4.47. The van der Waals surface area contributed by atoms with Gasteiger partial charge in [-0.15, -0.1) is 11.8 Å². The fourth-order valence-corrected chi connectivity index (χ4v) is 0.673. The topological polar surface area (TPSA) is 9.23 Å². The summed E-state index contributed by atoms with van der Waals surface area (Å²) in [5.41, 5.74) is 0. The molecule has 0 aliphatic rings. The van der Waals surface area contributed by atoms with Gasteiger partial charge in [-0.1, -0.05) is 13.3 Å². The molecule has 0 aromatic carbocycles. The van der Waals surface area contributed by atoms with Gasteiger partial charge in [-0.25, -0.2) is 0 Å². The van der Waals surface area contributed by atoms with E-state index in [1.54, 1.807) is 11.8 Å². The smallest absolute Gasteiger partial charge is 0.0918 e. The van der Waals surface area contributed by atoms with Gasteiger partial charge in [0, 0.05) is 6.61 Å². The molecular formula is C6H14OS. The maximum Gasteiger partial charge on any atom is 0.0918 e. The van der Waals surface area contributed by atoms with E-state index in [-0.39, 0.29) is 0 Å². The highest BCUT2D eigenvalue weighted by molar-refractivity contribution is 7.98. The predicted octanol–water partition coefficient (Wildman–Crippen LogP) is 2.12. The van der Waals surface area contributed by atoms with Gasteiger partial charge in [0.15, 0.2) is 0 Å². The van der Waals surface area contributed by atoms with E-state index in [0.29, 0.717) is 0 Å².